The Morgan fingerprint density at radius 2 is 1.58 bits per heavy atom. The number of amides is 2. The summed E-state index contributed by atoms with van der Waals surface area (Å²) in [7, 11) is 8.70. The molecule has 0 fully saturated rings. The lowest BCUT2D eigenvalue weighted by molar-refractivity contribution is 0.250. The van der Waals surface area contributed by atoms with Crippen LogP contribution in [0, 0.1) is 0 Å². The molecule has 9 nitrogen and oxygen atoms in total. The number of carbonyl (C=O) groups excluding carboxylic acids is 1. The maximum atomic E-state index is 12.1. The molecule has 0 spiro atoms. The number of urea groups is 1. The van der Waals surface area contributed by atoms with Crippen LogP contribution in [-0.4, -0.2) is 69.0 Å². The maximum Gasteiger partial charge on any atom is 0.319 e. The molecule has 3 aromatic carbocycles. The zero-order valence-electron chi connectivity index (χ0n) is 21.2. The summed E-state index contributed by atoms with van der Waals surface area (Å²) in [6, 6.07) is 17.4. The van der Waals surface area contributed by atoms with Crippen molar-refractivity contribution in [1.82, 2.24) is 19.8 Å². The molecule has 0 bridgehead atoms. The van der Waals surface area contributed by atoms with Gasteiger partial charge in [0.15, 0.2) is 11.5 Å². The molecule has 4 rings (SSSR count). The highest BCUT2D eigenvalue weighted by Gasteiger charge is 2.16. The van der Waals surface area contributed by atoms with E-state index in [2.05, 4.69) is 21.7 Å². The summed E-state index contributed by atoms with van der Waals surface area (Å²) in [4.78, 5) is 18.7. The monoisotopic (exact) mass is 489 g/mol. The van der Waals surface area contributed by atoms with Crippen LogP contribution >= 0.6 is 0 Å². The van der Waals surface area contributed by atoms with Gasteiger partial charge in [0.1, 0.15) is 6.33 Å². The number of anilines is 1. The Kier molecular flexibility index (Phi) is 7.60. The number of aromatic nitrogens is 2. The number of ether oxygens (including phenoxy) is 3. The molecular weight excluding hydrogens is 458 g/mol. The third-order valence-corrected chi connectivity index (χ3v) is 5.80. The molecule has 0 saturated heterocycles. The van der Waals surface area contributed by atoms with E-state index in [1.165, 1.54) is 0 Å². The number of methoxy groups -OCH3 is 3. The molecule has 4 aromatic rings. The smallest absolute Gasteiger partial charge is 0.319 e. The minimum Gasteiger partial charge on any atom is -0.493 e. The molecule has 0 radical (unpaired) electrons. The zero-order chi connectivity index (χ0) is 25.7. The molecular formula is C27H31N5O4. The van der Waals surface area contributed by atoms with Crippen molar-refractivity contribution in [3.63, 3.8) is 0 Å². The second-order valence-corrected chi connectivity index (χ2v) is 8.46. The van der Waals surface area contributed by atoms with Gasteiger partial charge in [-0.2, -0.15) is 0 Å². The van der Waals surface area contributed by atoms with Crippen molar-refractivity contribution < 1.29 is 19.0 Å². The number of hydrogen-bond acceptors (Lipinski definition) is 6. The molecule has 0 aliphatic rings. The Labute approximate surface area is 210 Å². The lowest BCUT2D eigenvalue weighted by Crippen LogP contribution is -2.34. The average Bonchev–Trinajstić information content (AvgIpc) is 3.31. The Morgan fingerprint density at radius 1 is 0.917 bits per heavy atom. The molecule has 1 aromatic heterocycles. The van der Waals surface area contributed by atoms with Gasteiger partial charge >= 0.3 is 6.03 Å². The Hall–Kier alpha value is -4.24. The fourth-order valence-corrected chi connectivity index (χ4v) is 3.91. The molecule has 0 unspecified atom stereocenters. The van der Waals surface area contributed by atoms with Crippen molar-refractivity contribution in [3.8, 4) is 34.1 Å². The second-order valence-electron chi connectivity index (χ2n) is 8.46. The van der Waals surface area contributed by atoms with Crippen LogP contribution < -0.4 is 24.8 Å². The van der Waals surface area contributed by atoms with E-state index < -0.39 is 0 Å². The van der Waals surface area contributed by atoms with Gasteiger partial charge < -0.3 is 29.7 Å². The number of benzene rings is 3. The zero-order valence-corrected chi connectivity index (χ0v) is 21.2. The summed E-state index contributed by atoms with van der Waals surface area (Å²) in [6.45, 7) is 1.36. The Bertz CT molecular complexity index is 1320. The number of carbonyl (C=O) groups is 1. The first-order chi connectivity index (χ1) is 17.4. The summed E-state index contributed by atoms with van der Waals surface area (Å²) >= 11 is 0. The van der Waals surface area contributed by atoms with Crippen molar-refractivity contribution >= 4 is 22.8 Å². The molecule has 0 atom stereocenters. The minimum absolute atomic E-state index is 0.222. The van der Waals surface area contributed by atoms with Gasteiger partial charge in [-0.15, -0.1) is 0 Å². The molecule has 0 aliphatic heterocycles. The van der Waals surface area contributed by atoms with Crippen LogP contribution in [-0.2, 0) is 0 Å². The van der Waals surface area contributed by atoms with E-state index in [0.29, 0.717) is 23.8 Å². The van der Waals surface area contributed by atoms with Crippen molar-refractivity contribution in [2.75, 3.05) is 53.8 Å². The average molecular weight is 490 g/mol. The normalized spacial score (nSPS) is 10.9. The third-order valence-electron chi connectivity index (χ3n) is 5.80. The number of hydrogen-bond donors (Lipinski definition) is 2. The number of fused-ring (bicyclic) bond motifs is 1. The van der Waals surface area contributed by atoms with Crippen LogP contribution in [0.2, 0.25) is 0 Å². The number of imidazole rings is 1. The largest absolute Gasteiger partial charge is 0.493 e. The third kappa shape index (κ3) is 5.36. The predicted molar refractivity (Wildman–Crippen MR) is 142 cm³/mol. The van der Waals surface area contributed by atoms with Crippen LogP contribution in [0.4, 0.5) is 10.5 Å². The standard InChI is InChI=1S/C27H31N5O4/c1-31(2)13-12-28-27(33)30-20-9-6-18(7-10-20)19-8-11-22-23(14-19)32(17-29-22)21-15-24(34-3)26(36-5)25(16-21)35-4/h6-11,14-17H,12-13H2,1-5H3,(H2,28,30,33). The fraction of sp³-hybridized carbons (Fsp3) is 0.259. The minimum atomic E-state index is -0.222. The van der Waals surface area contributed by atoms with Crippen LogP contribution in [0.25, 0.3) is 27.8 Å². The number of nitrogens with one attached hydrogen (secondary N) is 2. The first-order valence-corrected chi connectivity index (χ1v) is 11.5. The van der Waals surface area contributed by atoms with Gasteiger partial charge in [-0.05, 0) is 49.5 Å². The van der Waals surface area contributed by atoms with Crippen LogP contribution in [0.3, 0.4) is 0 Å². The molecule has 188 valence electrons. The van der Waals surface area contributed by atoms with Gasteiger partial charge in [-0.1, -0.05) is 18.2 Å². The van der Waals surface area contributed by atoms with E-state index in [4.69, 9.17) is 14.2 Å². The Morgan fingerprint density at radius 3 is 2.19 bits per heavy atom. The van der Waals surface area contributed by atoms with Gasteiger partial charge in [0.05, 0.1) is 38.1 Å². The summed E-state index contributed by atoms with van der Waals surface area (Å²) < 4.78 is 18.5. The van der Waals surface area contributed by atoms with Crippen LogP contribution in [0.1, 0.15) is 0 Å². The predicted octanol–water partition coefficient (Wildman–Crippen LogP) is 4.40. The van der Waals surface area contributed by atoms with Crippen molar-refractivity contribution in [2.24, 2.45) is 0 Å². The molecule has 0 saturated carbocycles. The molecule has 2 N–H and O–H groups in total. The van der Waals surface area contributed by atoms with E-state index in [1.807, 2.05) is 72.1 Å². The van der Waals surface area contributed by atoms with Gasteiger partial charge in [0, 0.05) is 30.9 Å². The van der Waals surface area contributed by atoms with E-state index in [0.717, 1.165) is 40.1 Å². The van der Waals surface area contributed by atoms with Crippen LogP contribution in [0.5, 0.6) is 17.2 Å². The summed E-state index contributed by atoms with van der Waals surface area (Å²) in [5, 5.41) is 5.71. The van der Waals surface area contributed by atoms with E-state index >= 15 is 0 Å². The summed E-state index contributed by atoms with van der Waals surface area (Å²) in [5.74, 6) is 1.67. The summed E-state index contributed by atoms with van der Waals surface area (Å²) in [5.41, 5.74) is 5.41. The molecule has 36 heavy (non-hydrogen) atoms. The van der Waals surface area contributed by atoms with Crippen molar-refractivity contribution in [1.29, 1.82) is 0 Å². The number of rotatable bonds is 9. The number of nitrogens with zero attached hydrogens (tertiary/aromatic N) is 3. The van der Waals surface area contributed by atoms with E-state index in [9.17, 15) is 4.79 Å². The first kappa shape index (κ1) is 24.9. The first-order valence-electron chi connectivity index (χ1n) is 11.5. The highest BCUT2D eigenvalue weighted by molar-refractivity contribution is 5.90. The molecule has 9 heteroatoms. The van der Waals surface area contributed by atoms with Gasteiger partial charge in [-0.25, -0.2) is 9.78 Å². The molecule has 2 amide bonds. The van der Waals surface area contributed by atoms with E-state index in [-0.39, 0.29) is 6.03 Å². The number of likely N-dealkylation sites (N-methyl/N-ethyl adjacent to an activating group) is 1. The quantitative estimate of drug-likeness (QED) is 0.362. The molecule has 1 heterocycles. The lowest BCUT2D eigenvalue weighted by Gasteiger charge is -2.15. The van der Waals surface area contributed by atoms with Gasteiger partial charge in [0.25, 0.3) is 0 Å². The van der Waals surface area contributed by atoms with Gasteiger partial charge in [0.2, 0.25) is 5.75 Å². The van der Waals surface area contributed by atoms with Crippen LogP contribution in [0.15, 0.2) is 60.9 Å². The summed E-state index contributed by atoms with van der Waals surface area (Å²) in [6.07, 6.45) is 1.77. The van der Waals surface area contributed by atoms with E-state index in [1.54, 1.807) is 27.7 Å². The highest BCUT2D eigenvalue weighted by atomic mass is 16.5. The van der Waals surface area contributed by atoms with Gasteiger partial charge in [-0.3, -0.25) is 4.57 Å². The van der Waals surface area contributed by atoms with Crippen molar-refractivity contribution in [2.45, 2.75) is 0 Å². The maximum absolute atomic E-state index is 12.1. The SMILES string of the molecule is COc1cc(-n2cnc3ccc(-c4ccc(NC(=O)NCCN(C)C)cc4)cc32)cc(OC)c1OC. The topological polar surface area (TPSA) is 89.9 Å². The van der Waals surface area contributed by atoms with Crippen molar-refractivity contribution in [3.05, 3.63) is 60.9 Å². The molecule has 0 aliphatic carbocycles. The second kappa shape index (κ2) is 11.0. The fourth-order valence-electron chi connectivity index (χ4n) is 3.91. The Balaban J connectivity index is 1.59. The lowest BCUT2D eigenvalue weighted by atomic mass is 10.0. The highest BCUT2D eigenvalue weighted by Crippen LogP contribution is 2.40.